The quantitative estimate of drug-likeness (QED) is 0.170. The Morgan fingerprint density at radius 1 is 0.377 bits per heavy atom. The van der Waals surface area contributed by atoms with E-state index in [4.69, 9.17) is 10.8 Å². The predicted octanol–water partition coefficient (Wildman–Crippen LogP) is 12.1. The Bertz CT molecular complexity index is 3230. The van der Waals surface area contributed by atoms with Crippen molar-refractivity contribution in [3.63, 3.8) is 0 Å². The number of hydrogen-bond acceptors (Lipinski definition) is 2. The zero-order valence-corrected chi connectivity index (χ0v) is 28.6. The number of benzene rings is 8. The third-order valence-corrected chi connectivity index (χ3v) is 11.0. The van der Waals surface area contributed by atoms with Gasteiger partial charge in [0.25, 0.3) is 0 Å². The van der Waals surface area contributed by atoms with E-state index in [1.807, 2.05) is 6.07 Å². The maximum absolute atomic E-state index is 8.75. The standard InChI is InChI=1S/C48H31N5/c49-28-30-25-32(29-50)48(53-42-19-9-5-15-37(42)38-16-6-10-20-43(38)53)46(26-30)52-44-24-22-33(27-39(44)47-34-12-2-1-11-31(34)21-23-45(47)52)51-40-17-7-3-13-35(40)36-14-4-8-18-41(36)51/h1-29,49-50H. The number of nitrogens with one attached hydrogen (secondary N) is 2. The van der Waals surface area contributed by atoms with Crippen LogP contribution in [-0.2, 0) is 0 Å². The molecule has 0 bridgehead atoms. The van der Waals surface area contributed by atoms with E-state index in [1.54, 1.807) is 0 Å². The molecule has 53 heavy (non-hydrogen) atoms. The van der Waals surface area contributed by atoms with Gasteiger partial charge in [0.05, 0.1) is 44.5 Å². The summed E-state index contributed by atoms with van der Waals surface area (Å²) in [5.74, 6) is 0. The zero-order valence-electron chi connectivity index (χ0n) is 28.6. The number of fused-ring (bicyclic) bond motifs is 11. The Labute approximate surface area is 304 Å². The monoisotopic (exact) mass is 677 g/mol. The molecule has 248 valence electrons. The molecule has 0 aliphatic heterocycles. The molecule has 0 aliphatic rings. The van der Waals surface area contributed by atoms with Crippen LogP contribution < -0.4 is 0 Å². The molecule has 3 aromatic heterocycles. The van der Waals surface area contributed by atoms with Crippen LogP contribution in [0.2, 0.25) is 0 Å². The normalized spacial score (nSPS) is 11.9. The first-order valence-corrected chi connectivity index (χ1v) is 17.9. The topological polar surface area (TPSA) is 62.5 Å². The van der Waals surface area contributed by atoms with E-state index in [9.17, 15) is 0 Å². The van der Waals surface area contributed by atoms with Gasteiger partial charge in [-0.1, -0.05) is 103 Å². The van der Waals surface area contributed by atoms with E-state index in [0.717, 1.165) is 66.4 Å². The van der Waals surface area contributed by atoms with Crippen LogP contribution in [0.5, 0.6) is 0 Å². The fourth-order valence-electron chi connectivity index (χ4n) is 8.81. The molecule has 11 aromatic rings. The van der Waals surface area contributed by atoms with Gasteiger partial charge in [-0.15, -0.1) is 0 Å². The summed E-state index contributed by atoms with van der Waals surface area (Å²) in [6, 6.07) is 58.2. The van der Waals surface area contributed by atoms with Gasteiger partial charge in [0, 0.05) is 56.0 Å². The third kappa shape index (κ3) is 4.07. The summed E-state index contributed by atoms with van der Waals surface area (Å²) in [6.07, 6.45) is 2.81. The number of aromatic nitrogens is 3. The van der Waals surface area contributed by atoms with Gasteiger partial charge < -0.3 is 24.5 Å². The fraction of sp³-hybridized carbons (Fsp3) is 0. The summed E-state index contributed by atoms with van der Waals surface area (Å²) in [5.41, 5.74) is 11.0. The minimum absolute atomic E-state index is 0.737. The van der Waals surface area contributed by atoms with Crippen LogP contribution in [-0.4, -0.2) is 26.1 Å². The van der Waals surface area contributed by atoms with Crippen LogP contribution in [0, 0.1) is 10.8 Å². The van der Waals surface area contributed by atoms with Crippen LogP contribution in [0.4, 0.5) is 0 Å². The Morgan fingerprint density at radius 3 is 1.47 bits per heavy atom. The lowest BCUT2D eigenvalue weighted by Gasteiger charge is -2.20. The van der Waals surface area contributed by atoms with Crippen molar-refractivity contribution in [1.29, 1.82) is 10.8 Å². The fourth-order valence-corrected chi connectivity index (χ4v) is 8.81. The molecule has 0 radical (unpaired) electrons. The molecule has 0 atom stereocenters. The molecule has 0 saturated heterocycles. The van der Waals surface area contributed by atoms with Crippen molar-refractivity contribution in [2.45, 2.75) is 0 Å². The van der Waals surface area contributed by atoms with Gasteiger partial charge in [0.15, 0.2) is 0 Å². The maximum atomic E-state index is 8.75. The van der Waals surface area contributed by atoms with Crippen molar-refractivity contribution in [3.8, 4) is 17.1 Å². The lowest BCUT2D eigenvalue weighted by molar-refractivity contribution is 1.09. The zero-order chi connectivity index (χ0) is 35.2. The second kappa shape index (κ2) is 11.1. The van der Waals surface area contributed by atoms with Crippen molar-refractivity contribution in [2.24, 2.45) is 0 Å². The first-order valence-electron chi connectivity index (χ1n) is 17.9. The smallest absolute Gasteiger partial charge is 0.0791 e. The van der Waals surface area contributed by atoms with Crippen molar-refractivity contribution >= 4 is 88.6 Å². The van der Waals surface area contributed by atoms with Gasteiger partial charge in [0.1, 0.15) is 0 Å². The molecule has 11 rings (SSSR count). The van der Waals surface area contributed by atoms with Gasteiger partial charge in [-0.2, -0.15) is 0 Å². The Balaban J connectivity index is 1.31. The lowest BCUT2D eigenvalue weighted by Crippen LogP contribution is -2.08. The van der Waals surface area contributed by atoms with Crippen LogP contribution >= 0.6 is 0 Å². The molecule has 5 nitrogen and oxygen atoms in total. The highest BCUT2D eigenvalue weighted by molar-refractivity contribution is 6.22. The van der Waals surface area contributed by atoms with Gasteiger partial charge in [-0.05, 0) is 77.0 Å². The highest BCUT2D eigenvalue weighted by Crippen LogP contribution is 2.43. The number of para-hydroxylation sites is 4. The molecule has 0 spiro atoms. The highest BCUT2D eigenvalue weighted by Gasteiger charge is 2.23. The van der Waals surface area contributed by atoms with Gasteiger partial charge in [0.2, 0.25) is 0 Å². The van der Waals surface area contributed by atoms with Crippen molar-refractivity contribution < 1.29 is 0 Å². The highest BCUT2D eigenvalue weighted by atomic mass is 15.1. The maximum Gasteiger partial charge on any atom is 0.0791 e. The number of hydrogen-bond donors (Lipinski definition) is 2. The summed E-state index contributed by atoms with van der Waals surface area (Å²) in [4.78, 5) is 0. The Kier molecular flexibility index (Phi) is 6.19. The van der Waals surface area contributed by atoms with Crippen molar-refractivity contribution in [2.75, 3.05) is 0 Å². The largest absolute Gasteiger partial charge is 0.309 e. The van der Waals surface area contributed by atoms with E-state index < -0.39 is 0 Å². The molecule has 5 heteroatoms. The molecule has 8 aromatic carbocycles. The Morgan fingerprint density at radius 2 is 0.887 bits per heavy atom. The third-order valence-electron chi connectivity index (χ3n) is 11.0. The Hall–Kier alpha value is -7.24. The van der Waals surface area contributed by atoms with Gasteiger partial charge in [-0.25, -0.2) is 0 Å². The summed E-state index contributed by atoms with van der Waals surface area (Å²) >= 11 is 0. The van der Waals surface area contributed by atoms with E-state index in [0.29, 0.717) is 0 Å². The minimum Gasteiger partial charge on any atom is -0.309 e. The first kappa shape index (κ1) is 29.5. The lowest BCUT2D eigenvalue weighted by atomic mass is 10.0. The molecular weight excluding hydrogens is 647 g/mol. The van der Waals surface area contributed by atoms with E-state index in [-0.39, 0.29) is 0 Å². The second-order valence-electron chi connectivity index (χ2n) is 13.7. The molecule has 0 fully saturated rings. The van der Waals surface area contributed by atoms with Crippen LogP contribution in [0.15, 0.2) is 164 Å². The van der Waals surface area contributed by atoms with Crippen molar-refractivity contribution in [3.05, 3.63) is 175 Å². The summed E-state index contributed by atoms with van der Waals surface area (Å²) in [6.45, 7) is 0. The first-order chi connectivity index (χ1) is 26.2. The van der Waals surface area contributed by atoms with Gasteiger partial charge >= 0.3 is 0 Å². The SMILES string of the molecule is N=Cc1cc(C=N)c(-n2c3ccccc3c3ccccc32)c(-n2c3ccc(-n4c5ccccc5c5ccccc54)cc3c3c4ccccc4ccc32)c1. The summed E-state index contributed by atoms with van der Waals surface area (Å²) < 4.78 is 7.04. The second-order valence-corrected chi connectivity index (χ2v) is 13.7. The molecule has 3 heterocycles. The van der Waals surface area contributed by atoms with Crippen LogP contribution in [0.25, 0.3) is 93.3 Å². The number of rotatable bonds is 5. The van der Waals surface area contributed by atoms with Crippen LogP contribution in [0.3, 0.4) is 0 Å². The molecule has 0 saturated carbocycles. The predicted molar refractivity (Wildman–Crippen MR) is 223 cm³/mol. The summed E-state index contributed by atoms with van der Waals surface area (Å²) in [7, 11) is 0. The van der Waals surface area contributed by atoms with E-state index in [2.05, 4.69) is 171 Å². The molecule has 0 amide bonds. The number of nitrogens with zero attached hydrogens (tertiary/aromatic N) is 3. The van der Waals surface area contributed by atoms with Crippen LogP contribution in [0.1, 0.15) is 11.1 Å². The molecule has 0 unspecified atom stereocenters. The average Bonchev–Trinajstić information content (AvgIpc) is 3.86. The molecular formula is C48H31N5. The molecule has 2 N–H and O–H groups in total. The summed E-state index contributed by atoms with van der Waals surface area (Å²) in [5, 5.41) is 26.6. The van der Waals surface area contributed by atoms with E-state index >= 15 is 0 Å². The average molecular weight is 678 g/mol. The van der Waals surface area contributed by atoms with E-state index in [1.165, 1.54) is 50.4 Å². The van der Waals surface area contributed by atoms with Crippen molar-refractivity contribution in [1.82, 2.24) is 13.7 Å². The molecule has 0 aliphatic carbocycles. The minimum atomic E-state index is 0.737. The van der Waals surface area contributed by atoms with Gasteiger partial charge in [-0.3, -0.25) is 0 Å².